The van der Waals surface area contributed by atoms with Crippen LogP contribution in [0.25, 0.3) is 0 Å². The number of rotatable bonds is 7. The van der Waals surface area contributed by atoms with Gasteiger partial charge in [-0.05, 0) is 23.0 Å². The third-order valence-electron chi connectivity index (χ3n) is 3.56. The molecule has 2 atom stereocenters. The van der Waals surface area contributed by atoms with Crippen molar-refractivity contribution in [3.8, 4) is 0 Å². The number of benzene rings is 1. The fourth-order valence-electron chi connectivity index (χ4n) is 1.99. The van der Waals surface area contributed by atoms with Crippen molar-refractivity contribution in [1.82, 2.24) is 5.32 Å². The number of hydrogen-bond donors (Lipinski definition) is 3. The lowest BCUT2D eigenvalue weighted by Gasteiger charge is -2.22. The van der Waals surface area contributed by atoms with Crippen LogP contribution in [0.4, 0.5) is 0 Å². The maximum absolute atomic E-state index is 10.1. The molecule has 0 heterocycles. The van der Waals surface area contributed by atoms with Crippen LogP contribution >= 0.6 is 0 Å². The van der Waals surface area contributed by atoms with Gasteiger partial charge >= 0.3 is 0 Å². The molecule has 0 fully saturated rings. The third kappa shape index (κ3) is 4.94. The van der Waals surface area contributed by atoms with Crippen LogP contribution in [-0.4, -0.2) is 29.4 Å². The minimum atomic E-state index is -0.533. The van der Waals surface area contributed by atoms with Crippen molar-refractivity contribution in [1.29, 1.82) is 0 Å². The van der Waals surface area contributed by atoms with E-state index in [4.69, 9.17) is 0 Å². The van der Waals surface area contributed by atoms with E-state index in [9.17, 15) is 10.2 Å². The maximum atomic E-state index is 10.1. The highest BCUT2D eigenvalue weighted by molar-refractivity contribution is 5.26. The number of aliphatic hydroxyl groups is 2. The number of hydrogen-bond acceptors (Lipinski definition) is 3. The minimum Gasteiger partial charge on any atom is -0.395 e. The molecule has 1 aromatic rings. The van der Waals surface area contributed by atoms with Gasteiger partial charge in [-0.25, -0.2) is 0 Å². The Bertz CT molecular complexity index is 360. The molecule has 0 aliphatic rings. The van der Waals surface area contributed by atoms with Crippen LogP contribution in [0.2, 0.25) is 0 Å². The van der Waals surface area contributed by atoms with Gasteiger partial charge in [0.25, 0.3) is 0 Å². The minimum absolute atomic E-state index is 0.0320. The maximum Gasteiger partial charge on any atom is 0.0914 e. The van der Waals surface area contributed by atoms with Crippen LogP contribution in [0.1, 0.15) is 50.8 Å². The molecular weight excluding hydrogens is 238 g/mol. The van der Waals surface area contributed by atoms with Crippen molar-refractivity contribution in [2.24, 2.45) is 5.92 Å². The second-order valence-corrected chi connectivity index (χ2v) is 5.78. The van der Waals surface area contributed by atoms with E-state index in [0.717, 1.165) is 5.56 Å². The summed E-state index contributed by atoms with van der Waals surface area (Å²) in [5.74, 6) is 0.851. The molecule has 19 heavy (non-hydrogen) atoms. The van der Waals surface area contributed by atoms with E-state index in [2.05, 4.69) is 45.1 Å². The van der Waals surface area contributed by atoms with E-state index in [-0.39, 0.29) is 12.6 Å². The highest BCUT2D eigenvalue weighted by Crippen LogP contribution is 2.18. The zero-order chi connectivity index (χ0) is 14.4. The molecule has 0 bridgehead atoms. The topological polar surface area (TPSA) is 52.5 Å². The molecule has 3 N–H and O–H groups in total. The second-order valence-electron chi connectivity index (χ2n) is 5.78. The van der Waals surface area contributed by atoms with E-state index in [1.165, 1.54) is 5.56 Å². The lowest BCUT2D eigenvalue weighted by atomic mass is 9.99. The SMILES string of the molecule is CC(C)c1ccc(C(O)CN[C@H](CO)C(C)C)cc1. The fourth-order valence-corrected chi connectivity index (χ4v) is 1.99. The Labute approximate surface area is 116 Å². The van der Waals surface area contributed by atoms with Crippen molar-refractivity contribution in [2.75, 3.05) is 13.2 Å². The van der Waals surface area contributed by atoms with E-state index in [1.807, 2.05) is 12.1 Å². The van der Waals surface area contributed by atoms with Crippen LogP contribution in [0.15, 0.2) is 24.3 Å². The molecule has 0 aliphatic carbocycles. The summed E-state index contributed by atoms with van der Waals surface area (Å²) in [6, 6.07) is 8.12. The summed E-state index contributed by atoms with van der Waals surface area (Å²) in [7, 11) is 0. The van der Waals surface area contributed by atoms with Gasteiger partial charge in [-0.2, -0.15) is 0 Å². The van der Waals surface area contributed by atoms with Crippen LogP contribution in [0.5, 0.6) is 0 Å². The summed E-state index contributed by atoms with van der Waals surface area (Å²) >= 11 is 0. The first kappa shape index (κ1) is 16.2. The highest BCUT2D eigenvalue weighted by Gasteiger charge is 2.14. The van der Waals surface area contributed by atoms with Gasteiger partial charge in [0, 0.05) is 12.6 Å². The van der Waals surface area contributed by atoms with E-state index < -0.39 is 6.10 Å². The Balaban J connectivity index is 2.55. The largest absolute Gasteiger partial charge is 0.395 e. The van der Waals surface area contributed by atoms with Crippen LogP contribution in [0, 0.1) is 5.92 Å². The molecule has 0 radical (unpaired) electrons. The van der Waals surface area contributed by atoms with Crippen LogP contribution in [-0.2, 0) is 0 Å². The average Bonchev–Trinajstić information content (AvgIpc) is 2.38. The van der Waals surface area contributed by atoms with Gasteiger partial charge in [0.15, 0.2) is 0 Å². The van der Waals surface area contributed by atoms with Crippen molar-refractivity contribution in [3.05, 3.63) is 35.4 Å². The molecule has 0 spiro atoms. The van der Waals surface area contributed by atoms with E-state index in [1.54, 1.807) is 0 Å². The molecule has 0 amide bonds. The molecule has 108 valence electrons. The molecular formula is C16H27NO2. The first-order chi connectivity index (χ1) is 8.95. The van der Waals surface area contributed by atoms with Crippen LogP contribution in [0.3, 0.4) is 0 Å². The highest BCUT2D eigenvalue weighted by atomic mass is 16.3. The standard InChI is InChI=1S/C16H27NO2/c1-11(2)13-5-7-14(8-6-13)16(19)9-17-15(10-18)12(3)4/h5-8,11-12,15-19H,9-10H2,1-4H3/t15-,16?/m1/s1. The van der Waals surface area contributed by atoms with Gasteiger partial charge in [-0.15, -0.1) is 0 Å². The predicted molar refractivity (Wildman–Crippen MR) is 79.2 cm³/mol. The lowest BCUT2D eigenvalue weighted by molar-refractivity contribution is 0.148. The first-order valence-electron chi connectivity index (χ1n) is 7.07. The monoisotopic (exact) mass is 265 g/mol. The number of aliphatic hydroxyl groups excluding tert-OH is 2. The third-order valence-corrected chi connectivity index (χ3v) is 3.56. The Morgan fingerprint density at radius 2 is 1.53 bits per heavy atom. The predicted octanol–water partition coefficient (Wildman–Crippen LogP) is 2.45. The molecule has 3 nitrogen and oxygen atoms in total. The molecule has 1 rings (SSSR count). The normalized spacial score (nSPS) is 14.9. The van der Waals surface area contributed by atoms with E-state index in [0.29, 0.717) is 18.4 Å². The first-order valence-corrected chi connectivity index (χ1v) is 7.07. The summed E-state index contributed by atoms with van der Waals surface area (Å²) in [6.07, 6.45) is -0.533. The molecule has 1 unspecified atom stereocenters. The summed E-state index contributed by atoms with van der Waals surface area (Å²) in [5.41, 5.74) is 2.19. The molecule has 0 saturated heterocycles. The molecule has 0 aliphatic heterocycles. The van der Waals surface area contributed by atoms with Gasteiger partial charge in [0.1, 0.15) is 0 Å². The second kappa shape index (κ2) is 7.63. The number of nitrogens with one attached hydrogen (secondary N) is 1. The van der Waals surface area contributed by atoms with Gasteiger partial charge in [-0.3, -0.25) is 0 Å². The van der Waals surface area contributed by atoms with Crippen molar-refractivity contribution in [3.63, 3.8) is 0 Å². The summed E-state index contributed by atoms with van der Waals surface area (Å²) < 4.78 is 0. The zero-order valence-electron chi connectivity index (χ0n) is 12.4. The van der Waals surface area contributed by atoms with Crippen molar-refractivity contribution >= 4 is 0 Å². The quantitative estimate of drug-likeness (QED) is 0.710. The summed E-state index contributed by atoms with van der Waals surface area (Å²) in [5, 5.41) is 22.6. The van der Waals surface area contributed by atoms with Crippen molar-refractivity contribution in [2.45, 2.75) is 45.8 Å². The van der Waals surface area contributed by atoms with Gasteiger partial charge < -0.3 is 15.5 Å². The van der Waals surface area contributed by atoms with Crippen molar-refractivity contribution < 1.29 is 10.2 Å². The summed E-state index contributed by atoms with van der Waals surface area (Å²) in [6.45, 7) is 8.97. The Kier molecular flexibility index (Phi) is 6.49. The Morgan fingerprint density at radius 1 is 1.00 bits per heavy atom. The molecule has 0 aromatic heterocycles. The Hall–Kier alpha value is -0.900. The van der Waals surface area contributed by atoms with Gasteiger partial charge in [0.2, 0.25) is 0 Å². The fraction of sp³-hybridized carbons (Fsp3) is 0.625. The van der Waals surface area contributed by atoms with E-state index >= 15 is 0 Å². The Morgan fingerprint density at radius 3 is 1.95 bits per heavy atom. The van der Waals surface area contributed by atoms with Gasteiger partial charge in [0.05, 0.1) is 12.7 Å². The molecule has 0 saturated carbocycles. The summed E-state index contributed by atoms with van der Waals surface area (Å²) in [4.78, 5) is 0. The van der Waals surface area contributed by atoms with Crippen LogP contribution < -0.4 is 5.32 Å². The molecule has 1 aromatic carbocycles. The average molecular weight is 265 g/mol. The smallest absolute Gasteiger partial charge is 0.0914 e. The zero-order valence-corrected chi connectivity index (χ0v) is 12.4. The lowest BCUT2D eigenvalue weighted by Crippen LogP contribution is -2.39. The van der Waals surface area contributed by atoms with Gasteiger partial charge in [-0.1, -0.05) is 52.0 Å². The molecule has 3 heteroatoms.